The summed E-state index contributed by atoms with van der Waals surface area (Å²) in [7, 11) is 0. The molecule has 1 aromatic carbocycles. The van der Waals surface area contributed by atoms with Gasteiger partial charge in [-0.05, 0) is 67.3 Å². The molecule has 1 saturated heterocycles. The third-order valence-corrected chi connectivity index (χ3v) is 7.11. The number of fused-ring (bicyclic) bond motifs is 1. The molecule has 0 bridgehead atoms. The van der Waals surface area contributed by atoms with E-state index in [-0.39, 0.29) is 0 Å². The van der Waals surface area contributed by atoms with E-state index in [1.807, 2.05) is 6.20 Å². The molecular weight excluding hydrogens is 390 g/mol. The van der Waals surface area contributed by atoms with Crippen molar-refractivity contribution in [2.75, 3.05) is 18.8 Å². The minimum atomic E-state index is 0.443. The fourth-order valence-electron chi connectivity index (χ4n) is 4.31. The van der Waals surface area contributed by atoms with Gasteiger partial charge in [-0.25, -0.2) is 9.97 Å². The number of hydrogen-bond acceptors (Lipinski definition) is 5. The maximum Gasteiger partial charge on any atom is 0.180 e. The highest BCUT2D eigenvalue weighted by molar-refractivity contribution is 7.13. The van der Waals surface area contributed by atoms with Gasteiger partial charge in [0.2, 0.25) is 0 Å². The van der Waals surface area contributed by atoms with Crippen LogP contribution in [0.5, 0.6) is 0 Å². The van der Waals surface area contributed by atoms with E-state index in [9.17, 15) is 0 Å². The van der Waals surface area contributed by atoms with Crippen LogP contribution < -0.4 is 11.1 Å². The molecule has 0 radical (unpaired) electrons. The average Bonchev–Trinajstić information content (AvgIpc) is 3.42. The molecule has 5 nitrogen and oxygen atoms in total. The van der Waals surface area contributed by atoms with Gasteiger partial charge in [-0.2, -0.15) is 0 Å². The Hall–Kier alpha value is -2.70. The molecule has 0 unspecified atom stereocenters. The van der Waals surface area contributed by atoms with Crippen LogP contribution in [-0.2, 0) is 12.8 Å². The van der Waals surface area contributed by atoms with E-state index in [1.165, 1.54) is 34.4 Å². The number of hydrogen-bond donors (Lipinski definition) is 2. The van der Waals surface area contributed by atoms with Gasteiger partial charge in [0.05, 0.1) is 22.5 Å². The molecule has 4 aromatic rings. The highest BCUT2D eigenvalue weighted by Crippen LogP contribution is 2.31. The molecule has 0 saturated carbocycles. The lowest BCUT2D eigenvalue weighted by molar-refractivity contribution is 0.456. The highest BCUT2D eigenvalue weighted by Gasteiger charge is 2.20. The van der Waals surface area contributed by atoms with Crippen molar-refractivity contribution >= 4 is 22.8 Å². The molecule has 154 valence electrons. The van der Waals surface area contributed by atoms with Crippen molar-refractivity contribution in [3.8, 4) is 10.6 Å². The van der Waals surface area contributed by atoms with Crippen LogP contribution in [0.2, 0.25) is 0 Å². The number of nitrogen functional groups attached to an aromatic ring is 1. The number of aromatic nitrogens is 3. The van der Waals surface area contributed by atoms with Crippen LogP contribution in [-0.4, -0.2) is 27.5 Å². The zero-order valence-corrected chi connectivity index (χ0v) is 18.1. The molecule has 6 heteroatoms. The van der Waals surface area contributed by atoms with Gasteiger partial charge in [-0.15, -0.1) is 11.3 Å². The second kappa shape index (κ2) is 8.20. The quantitative estimate of drug-likeness (QED) is 0.498. The third kappa shape index (κ3) is 3.73. The molecule has 3 N–H and O–H groups in total. The molecule has 3 aromatic heterocycles. The highest BCUT2D eigenvalue weighted by atomic mass is 32.1. The van der Waals surface area contributed by atoms with E-state index < -0.39 is 0 Å². The van der Waals surface area contributed by atoms with Crippen LogP contribution in [0.4, 0.5) is 5.82 Å². The average molecular weight is 418 g/mol. The van der Waals surface area contributed by atoms with Gasteiger partial charge < -0.3 is 11.1 Å². The summed E-state index contributed by atoms with van der Waals surface area (Å²) in [6, 6.07) is 10.9. The van der Waals surface area contributed by atoms with Crippen LogP contribution in [0.25, 0.3) is 16.2 Å². The Morgan fingerprint density at radius 1 is 1.27 bits per heavy atom. The summed E-state index contributed by atoms with van der Waals surface area (Å²) in [5.41, 5.74) is 13.3. The second-order valence-electron chi connectivity index (χ2n) is 8.18. The standard InChI is InChI=1S/C24H27N5S/c1-16-5-2-3-6-18(16)9-8-17-11-22(30-15-17)21-13-27-23(25)24-28-20(14-29(21)24)19-7-4-10-26-12-19/h2-3,5-6,11,13-15,19,26H,4,7-10,12H2,1H3,(H2,25,27)/t19-/m0/s1. The number of nitrogens with one attached hydrogen (secondary N) is 1. The molecule has 1 fully saturated rings. The van der Waals surface area contributed by atoms with Crippen molar-refractivity contribution in [1.29, 1.82) is 0 Å². The number of aryl methyl sites for hydroxylation is 3. The van der Waals surface area contributed by atoms with E-state index >= 15 is 0 Å². The molecule has 1 aliphatic rings. The molecular formula is C24H27N5S. The molecule has 1 aliphatic heterocycles. The van der Waals surface area contributed by atoms with Gasteiger partial charge in [0.1, 0.15) is 0 Å². The van der Waals surface area contributed by atoms with Crippen molar-refractivity contribution in [1.82, 2.24) is 19.7 Å². The molecule has 4 heterocycles. The summed E-state index contributed by atoms with van der Waals surface area (Å²) < 4.78 is 2.13. The molecule has 0 spiro atoms. The number of rotatable bonds is 5. The predicted octanol–water partition coefficient (Wildman–Crippen LogP) is 4.60. The van der Waals surface area contributed by atoms with Crippen molar-refractivity contribution in [2.24, 2.45) is 0 Å². The van der Waals surface area contributed by atoms with Crippen molar-refractivity contribution in [2.45, 2.75) is 38.5 Å². The lowest BCUT2D eigenvalue weighted by atomic mass is 9.97. The zero-order valence-electron chi connectivity index (χ0n) is 17.3. The van der Waals surface area contributed by atoms with E-state index in [4.69, 9.17) is 10.7 Å². The summed E-state index contributed by atoms with van der Waals surface area (Å²) in [6.45, 7) is 4.26. The number of piperidine rings is 1. The van der Waals surface area contributed by atoms with E-state index in [0.29, 0.717) is 11.7 Å². The summed E-state index contributed by atoms with van der Waals surface area (Å²) in [5.74, 6) is 0.934. The largest absolute Gasteiger partial charge is 0.381 e. The number of nitrogens with two attached hydrogens (primary N) is 1. The first-order valence-electron chi connectivity index (χ1n) is 10.7. The van der Waals surface area contributed by atoms with E-state index in [2.05, 4.69) is 63.5 Å². The number of anilines is 1. The monoisotopic (exact) mass is 417 g/mol. The molecule has 30 heavy (non-hydrogen) atoms. The maximum absolute atomic E-state index is 6.17. The Bertz CT molecular complexity index is 1170. The van der Waals surface area contributed by atoms with Crippen LogP contribution in [0.15, 0.2) is 48.1 Å². The third-order valence-electron chi connectivity index (χ3n) is 6.10. The van der Waals surface area contributed by atoms with Gasteiger partial charge in [0.15, 0.2) is 11.5 Å². The smallest absolute Gasteiger partial charge is 0.180 e. The fourth-order valence-corrected chi connectivity index (χ4v) is 5.26. The normalized spacial score (nSPS) is 16.9. The first-order valence-corrected chi connectivity index (χ1v) is 11.5. The minimum Gasteiger partial charge on any atom is -0.381 e. The van der Waals surface area contributed by atoms with Crippen LogP contribution >= 0.6 is 11.3 Å². The Kier molecular flexibility index (Phi) is 5.27. The Morgan fingerprint density at radius 2 is 2.17 bits per heavy atom. The summed E-state index contributed by atoms with van der Waals surface area (Å²) in [4.78, 5) is 10.5. The Labute approximate surface area is 181 Å². The van der Waals surface area contributed by atoms with E-state index in [1.54, 1.807) is 11.3 Å². The minimum absolute atomic E-state index is 0.443. The van der Waals surface area contributed by atoms with Gasteiger partial charge in [-0.1, -0.05) is 24.3 Å². The maximum atomic E-state index is 6.17. The Balaban J connectivity index is 1.42. The Morgan fingerprint density at radius 3 is 3.00 bits per heavy atom. The lowest BCUT2D eigenvalue weighted by Crippen LogP contribution is -2.28. The topological polar surface area (TPSA) is 68.2 Å². The first-order chi connectivity index (χ1) is 14.7. The number of nitrogens with zero attached hydrogens (tertiary/aromatic N) is 3. The first kappa shape index (κ1) is 19.3. The predicted molar refractivity (Wildman–Crippen MR) is 124 cm³/mol. The van der Waals surface area contributed by atoms with Gasteiger partial charge in [0, 0.05) is 18.7 Å². The van der Waals surface area contributed by atoms with Crippen molar-refractivity contribution in [3.05, 3.63) is 70.5 Å². The fraction of sp³-hybridized carbons (Fsp3) is 0.333. The number of benzene rings is 1. The molecule has 5 rings (SSSR count). The van der Waals surface area contributed by atoms with Crippen LogP contribution in [0, 0.1) is 6.92 Å². The second-order valence-corrected chi connectivity index (χ2v) is 9.09. The van der Waals surface area contributed by atoms with Crippen LogP contribution in [0.1, 0.15) is 41.1 Å². The number of imidazole rings is 1. The summed E-state index contributed by atoms with van der Waals surface area (Å²) in [5, 5.41) is 5.74. The zero-order chi connectivity index (χ0) is 20.5. The molecule has 0 aliphatic carbocycles. The number of thiophene rings is 1. The lowest BCUT2D eigenvalue weighted by Gasteiger charge is -2.20. The van der Waals surface area contributed by atoms with Gasteiger partial charge >= 0.3 is 0 Å². The van der Waals surface area contributed by atoms with E-state index in [0.717, 1.165) is 43.0 Å². The van der Waals surface area contributed by atoms with Gasteiger partial charge in [-0.3, -0.25) is 4.40 Å². The SMILES string of the molecule is Cc1ccccc1CCc1csc(-c2cnc(N)c3nc([C@H]4CCCNC4)cn23)c1. The summed E-state index contributed by atoms with van der Waals surface area (Å²) in [6.07, 6.45) is 8.49. The molecule has 1 atom stereocenters. The van der Waals surface area contributed by atoms with Gasteiger partial charge in [0.25, 0.3) is 0 Å². The van der Waals surface area contributed by atoms with Crippen LogP contribution in [0.3, 0.4) is 0 Å². The summed E-state index contributed by atoms with van der Waals surface area (Å²) >= 11 is 1.77. The van der Waals surface area contributed by atoms with Crippen molar-refractivity contribution in [3.63, 3.8) is 0 Å². The molecule has 0 amide bonds. The van der Waals surface area contributed by atoms with Crippen molar-refractivity contribution < 1.29 is 0 Å².